The minimum atomic E-state index is -3.92. The number of primary sulfonamides is 1. The van der Waals surface area contributed by atoms with Gasteiger partial charge < -0.3 is 24.0 Å². The number of hydrogen-bond donors (Lipinski definition) is 1. The molecule has 0 saturated carbocycles. The number of anilines is 1. The standard InChI is InChI=1S/C25H42N4O6S/c1-23(2,3)35-22(30)29-15-18(14-24(29,4)5)10-9-13-28(16-19-17-33-25(6,7)34-19)20-11-8-12-21(27-20)36(26,31)32/h8,11-12,18-19H,9-10,13-17H2,1-7H3,(H2,26,31,32)/t18-,19?/m0/s1. The Hall–Kier alpha value is -1.95. The lowest BCUT2D eigenvalue weighted by Crippen LogP contribution is -2.45. The molecule has 2 aliphatic heterocycles. The van der Waals surface area contributed by atoms with Gasteiger partial charge in [-0.05, 0) is 85.8 Å². The van der Waals surface area contributed by atoms with E-state index >= 15 is 0 Å². The molecular weight excluding hydrogens is 484 g/mol. The first-order valence-corrected chi connectivity index (χ1v) is 14.1. The summed E-state index contributed by atoms with van der Waals surface area (Å²) in [5.74, 6) is 0.201. The fourth-order valence-corrected chi connectivity index (χ4v) is 5.42. The Labute approximate surface area is 215 Å². The first kappa shape index (κ1) is 28.6. The van der Waals surface area contributed by atoms with Crippen molar-refractivity contribution >= 4 is 21.9 Å². The highest BCUT2D eigenvalue weighted by Crippen LogP contribution is 2.36. The molecule has 3 heterocycles. The third-order valence-electron chi connectivity index (χ3n) is 6.43. The number of nitrogens with two attached hydrogens (primary N) is 1. The molecular formula is C25H42N4O6S. The van der Waals surface area contributed by atoms with Crippen molar-refractivity contribution in [2.75, 3.05) is 31.1 Å². The van der Waals surface area contributed by atoms with Gasteiger partial charge in [0.25, 0.3) is 10.0 Å². The molecule has 10 nitrogen and oxygen atoms in total. The van der Waals surface area contributed by atoms with Crippen LogP contribution in [0.4, 0.5) is 10.6 Å². The zero-order chi connectivity index (χ0) is 26.9. The Morgan fingerprint density at radius 3 is 2.56 bits per heavy atom. The van der Waals surface area contributed by atoms with E-state index in [2.05, 4.69) is 18.8 Å². The maximum atomic E-state index is 12.8. The molecule has 0 radical (unpaired) electrons. The number of ether oxygens (including phenoxy) is 3. The summed E-state index contributed by atoms with van der Waals surface area (Å²) in [6.45, 7) is 15.8. The SMILES string of the molecule is CC(C)(C)OC(=O)N1C[C@@H](CCCN(CC2COC(C)(C)O2)c2cccc(S(N)(=O)=O)n2)CC1(C)C. The molecule has 0 spiro atoms. The fraction of sp³-hybridized carbons (Fsp3) is 0.760. The van der Waals surface area contributed by atoms with E-state index in [4.69, 9.17) is 19.3 Å². The highest BCUT2D eigenvalue weighted by molar-refractivity contribution is 7.89. The zero-order valence-corrected chi connectivity index (χ0v) is 23.4. The van der Waals surface area contributed by atoms with Crippen LogP contribution < -0.4 is 10.0 Å². The number of sulfonamides is 1. The normalized spacial score (nSPS) is 23.6. The van der Waals surface area contributed by atoms with E-state index in [0.29, 0.717) is 38.0 Å². The fourth-order valence-electron chi connectivity index (χ4n) is 4.93. The number of aromatic nitrogens is 1. The van der Waals surface area contributed by atoms with Gasteiger partial charge in [0.2, 0.25) is 0 Å². The van der Waals surface area contributed by atoms with Gasteiger partial charge in [-0.1, -0.05) is 6.07 Å². The molecule has 11 heteroatoms. The van der Waals surface area contributed by atoms with Gasteiger partial charge >= 0.3 is 6.09 Å². The van der Waals surface area contributed by atoms with E-state index in [1.165, 1.54) is 6.07 Å². The van der Waals surface area contributed by atoms with Crippen molar-refractivity contribution in [3.63, 3.8) is 0 Å². The lowest BCUT2D eigenvalue weighted by atomic mass is 9.93. The Kier molecular flexibility index (Phi) is 8.29. The number of likely N-dealkylation sites (tertiary alicyclic amines) is 1. The number of amides is 1. The topological polar surface area (TPSA) is 124 Å². The summed E-state index contributed by atoms with van der Waals surface area (Å²) in [6.07, 6.45) is 2.18. The average Bonchev–Trinajstić information content (AvgIpc) is 3.22. The third kappa shape index (κ3) is 7.77. The number of carbonyl (C=O) groups is 1. The summed E-state index contributed by atoms with van der Waals surface area (Å²) in [4.78, 5) is 20.9. The number of nitrogens with zero attached hydrogens (tertiary/aromatic N) is 3. The van der Waals surface area contributed by atoms with Crippen LogP contribution in [0.2, 0.25) is 0 Å². The molecule has 2 fully saturated rings. The van der Waals surface area contributed by atoms with Crippen LogP contribution >= 0.6 is 0 Å². The Morgan fingerprint density at radius 1 is 1.28 bits per heavy atom. The molecule has 1 aromatic rings. The van der Waals surface area contributed by atoms with Crippen molar-refractivity contribution in [1.29, 1.82) is 0 Å². The number of hydrogen-bond acceptors (Lipinski definition) is 8. The quantitative estimate of drug-likeness (QED) is 0.546. The van der Waals surface area contributed by atoms with Crippen molar-refractivity contribution in [2.45, 2.75) is 95.8 Å². The van der Waals surface area contributed by atoms with E-state index in [1.54, 1.807) is 12.1 Å². The van der Waals surface area contributed by atoms with Crippen LogP contribution in [0.15, 0.2) is 23.2 Å². The molecule has 1 aromatic heterocycles. The molecule has 0 aromatic carbocycles. The summed E-state index contributed by atoms with van der Waals surface area (Å²) in [6, 6.07) is 4.81. The second-order valence-electron chi connectivity index (χ2n) is 11.9. The molecule has 2 atom stereocenters. The molecule has 2 saturated heterocycles. The van der Waals surface area contributed by atoms with Crippen LogP contribution in [-0.2, 0) is 24.2 Å². The molecule has 2 N–H and O–H groups in total. The molecule has 0 bridgehead atoms. The molecule has 2 aliphatic rings. The smallest absolute Gasteiger partial charge is 0.410 e. The van der Waals surface area contributed by atoms with Crippen LogP contribution in [0.3, 0.4) is 0 Å². The minimum absolute atomic E-state index is 0.167. The lowest BCUT2D eigenvalue weighted by molar-refractivity contribution is -0.137. The molecule has 0 aliphatic carbocycles. The molecule has 3 rings (SSSR count). The lowest BCUT2D eigenvalue weighted by Gasteiger charge is -2.33. The molecule has 1 amide bonds. The molecule has 204 valence electrons. The van der Waals surface area contributed by atoms with Gasteiger partial charge in [-0.25, -0.2) is 23.3 Å². The maximum absolute atomic E-state index is 12.8. The largest absolute Gasteiger partial charge is 0.444 e. The maximum Gasteiger partial charge on any atom is 0.410 e. The van der Waals surface area contributed by atoms with Crippen molar-refractivity contribution < 1.29 is 27.4 Å². The summed E-state index contributed by atoms with van der Waals surface area (Å²) >= 11 is 0. The minimum Gasteiger partial charge on any atom is -0.444 e. The Morgan fingerprint density at radius 2 is 1.97 bits per heavy atom. The third-order valence-corrected chi connectivity index (χ3v) is 7.24. The predicted octanol–water partition coefficient (Wildman–Crippen LogP) is 3.50. The van der Waals surface area contributed by atoms with Gasteiger partial charge in [0.1, 0.15) is 17.5 Å². The highest BCUT2D eigenvalue weighted by Gasteiger charge is 2.42. The van der Waals surface area contributed by atoms with Crippen LogP contribution in [0.5, 0.6) is 0 Å². The van der Waals surface area contributed by atoms with Crippen LogP contribution in [0, 0.1) is 5.92 Å². The Bertz CT molecular complexity index is 1040. The highest BCUT2D eigenvalue weighted by atomic mass is 32.2. The van der Waals surface area contributed by atoms with Gasteiger partial charge in [-0.15, -0.1) is 0 Å². The summed E-state index contributed by atoms with van der Waals surface area (Å²) < 4.78 is 41.1. The monoisotopic (exact) mass is 526 g/mol. The summed E-state index contributed by atoms with van der Waals surface area (Å²) in [7, 11) is -3.92. The van der Waals surface area contributed by atoms with Gasteiger partial charge in [-0.2, -0.15) is 0 Å². The van der Waals surface area contributed by atoms with Gasteiger partial charge in [-0.3, -0.25) is 0 Å². The van der Waals surface area contributed by atoms with Crippen molar-refractivity contribution in [1.82, 2.24) is 9.88 Å². The van der Waals surface area contributed by atoms with E-state index < -0.39 is 21.4 Å². The first-order valence-electron chi connectivity index (χ1n) is 12.5. The van der Waals surface area contributed by atoms with E-state index in [9.17, 15) is 13.2 Å². The molecule has 36 heavy (non-hydrogen) atoms. The Balaban J connectivity index is 1.67. The average molecular weight is 527 g/mol. The summed E-state index contributed by atoms with van der Waals surface area (Å²) in [5.41, 5.74) is -0.816. The van der Waals surface area contributed by atoms with Crippen molar-refractivity contribution in [3.8, 4) is 0 Å². The number of rotatable bonds is 8. The van der Waals surface area contributed by atoms with Crippen LogP contribution in [0.25, 0.3) is 0 Å². The van der Waals surface area contributed by atoms with Gasteiger partial charge in [0.15, 0.2) is 10.8 Å². The second kappa shape index (κ2) is 10.4. The van der Waals surface area contributed by atoms with Crippen LogP contribution in [0.1, 0.15) is 67.7 Å². The van der Waals surface area contributed by atoms with E-state index in [0.717, 1.165) is 19.3 Å². The zero-order valence-electron chi connectivity index (χ0n) is 22.6. The second-order valence-corrected chi connectivity index (χ2v) is 13.4. The van der Waals surface area contributed by atoms with Gasteiger partial charge in [0, 0.05) is 25.2 Å². The van der Waals surface area contributed by atoms with Crippen molar-refractivity contribution in [3.05, 3.63) is 18.2 Å². The van der Waals surface area contributed by atoms with E-state index in [1.807, 2.05) is 44.4 Å². The van der Waals surface area contributed by atoms with E-state index in [-0.39, 0.29) is 22.8 Å². The molecule has 1 unspecified atom stereocenters. The van der Waals surface area contributed by atoms with Crippen molar-refractivity contribution in [2.24, 2.45) is 11.1 Å². The van der Waals surface area contributed by atoms with Gasteiger partial charge in [0.05, 0.1) is 6.61 Å². The van der Waals surface area contributed by atoms with Crippen LogP contribution in [-0.4, -0.2) is 73.7 Å². The number of pyridine rings is 1. The number of carbonyl (C=O) groups excluding carboxylic acids is 1. The predicted molar refractivity (Wildman–Crippen MR) is 137 cm³/mol. The first-order chi connectivity index (χ1) is 16.5. The summed E-state index contributed by atoms with van der Waals surface area (Å²) in [5, 5.41) is 5.15.